The molecule has 94 valence electrons. The van der Waals surface area contributed by atoms with Crippen molar-refractivity contribution in [2.24, 2.45) is 5.73 Å². The van der Waals surface area contributed by atoms with Crippen LogP contribution < -0.4 is 5.73 Å². The van der Waals surface area contributed by atoms with Crippen LogP contribution in [0.2, 0.25) is 0 Å². The minimum absolute atomic E-state index is 0.00202. The zero-order valence-corrected chi connectivity index (χ0v) is 10.7. The van der Waals surface area contributed by atoms with Gasteiger partial charge < -0.3 is 15.2 Å². The van der Waals surface area contributed by atoms with E-state index in [4.69, 9.17) is 15.2 Å². The number of ether oxygens (including phenoxy) is 2. The summed E-state index contributed by atoms with van der Waals surface area (Å²) in [6.07, 6.45) is -0.283. The summed E-state index contributed by atoms with van der Waals surface area (Å²) in [5.74, 6) is 0. The molecule has 0 spiro atoms. The summed E-state index contributed by atoms with van der Waals surface area (Å²) in [5, 5.41) is 2.09. The lowest BCUT2D eigenvalue weighted by Crippen LogP contribution is -2.37. The molecule has 1 aromatic carbocycles. The van der Waals surface area contributed by atoms with Gasteiger partial charge in [-0.05, 0) is 22.6 Å². The predicted molar refractivity (Wildman–Crippen MR) is 72.4 cm³/mol. The Labute approximate surface area is 110 Å². The summed E-state index contributed by atoms with van der Waals surface area (Å²) in [4.78, 5) is 1.28. The van der Waals surface area contributed by atoms with Crippen LogP contribution in [0.3, 0.4) is 0 Å². The monoisotopic (exact) mass is 261 g/mol. The van der Waals surface area contributed by atoms with E-state index in [9.17, 15) is 0 Å². The van der Waals surface area contributed by atoms with Crippen molar-refractivity contribution in [3.63, 3.8) is 0 Å². The quantitative estimate of drug-likeness (QED) is 0.904. The molecule has 1 aromatic heterocycles. The van der Waals surface area contributed by atoms with E-state index in [0.29, 0.717) is 13.2 Å². The molecule has 3 rings (SSSR count). The van der Waals surface area contributed by atoms with Gasteiger partial charge in [0, 0.05) is 4.88 Å². The number of rotatable bonds is 2. The molecular weight excluding hydrogens is 246 g/mol. The summed E-state index contributed by atoms with van der Waals surface area (Å²) in [6, 6.07) is 12.6. The second-order valence-electron chi connectivity index (χ2n) is 4.29. The van der Waals surface area contributed by atoms with Crippen LogP contribution >= 0.6 is 11.3 Å². The lowest BCUT2D eigenvalue weighted by molar-refractivity contribution is -0.132. The van der Waals surface area contributed by atoms with Crippen molar-refractivity contribution in [1.82, 2.24) is 0 Å². The Morgan fingerprint density at radius 1 is 1.06 bits per heavy atom. The predicted octanol–water partition coefficient (Wildman–Crippen LogP) is 2.79. The van der Waals surface area contributed by atoms with E-state index < -0.39 is 0 Å². The number of thiophene rings is 1. The lowest BCUT2D eigenvalue weighted by Gasteiger charge is -2.27. The molecule has 2 aromatic rings. The van der Waals surface area contributed by atoms with Crippen molar-refractivity contribution in [3.8, 4) is 10.4 Å². The molecule has 18 heavy (non-hydrogen) atoms. The first-order valence-corrected chi connectivity index (χ1v) is 6.83. The Morgan fingerprint density at radius 3 is 2.50 bits per heavy atom. The molecule has 1 aliphatic rings. The van der Waals surface area contributed by atoms with E-state index >= 15 is 0 Å². The van der Waals surface area contributed by atoms with Crippen molar-refractivity contribution in [1.29, 1.82) is 0 Å². The van der Waals surface area contributed by atoms with Gasteiger partial charge in [0.15, 0.2) is 0 Å². The molecular formula is C14H15NO2S. The van der Waals surface area contributed by atoms with Gasteiger partial charge >= 0.3 is 0 Å². The first kappa shape index (κ1) is 11.9. The molecule has 1 fully saturated rings. The Bertz CT molecular complexity index is 487. The van der Waals surface area contributed by atoms with E-state index in [1.165, 1.54) is 10.4 Å². The molecule has 2 heterocycles. The van der Waals surface area contributed by atoms with Gasteiger partial charge in [0.05, 0.1) is 13.2 Å². The molecule has 1 aliphatic heterocycles. The fourth-order valence-corrected chi connectivity index (χ4v) is 2.75. The zero-order chi connectivity index (χ0) is 12.4. The summed E-state index contributed by atoms with van der Waals surface area (Å²) in [6.45, 7) is 0.983. The molecule has 3 nitrogen and oxygen atoms in total. The van der Waals surface area contributed by atoms with Crippen molar-refractivity contribution >= 4 is 11.3 Å². The minimum atomic E-state index is -0.286. The highest BCUT2D eigenvalue weighted by molar-refractivity contribution is 7.13. The second kappa shape index (κ2) is 5.20. The van der Waals surface area contributed by atoms with Gasteiger partial charge in [-0.25, -0.2) is 0 Å². The topological polar surface area (TPSA) is 44.5 Å². The van der Waals surface area contributed by atoms with Crippen LogP contribution in [0.15, 0.2) is 41.8 Å². The lowest BCUT2D eigenvalue weighted by atomic mass is 10.1. The van der Waals surface area contributed by atoms with Gasteiger partial charge in [0.25, 0.3) is 0 Å². The highest BCUT2D eigenvalue weighted by Gasteiger charge is 2.20. The fraction of sp³-hybridized carbons (Fsp3) is 0.286. The van der Waals surface area contributed by atoms with Gasteiger partial charge in [0.2, 0.25) is 0 Å². The Hall–Kier alpha value is -1.20. The van der Waals surface area contributed by atoms with E-state index in [0.717, 1.165) is 5.56 Å². The van der Waals surface area contributed by atoms with E-state index in [2.05, 4.69) is 41.8 Å². The number of nitrogens with two attached hydrogens (primary N) is 1. The molecule has 2 unspecified atom stereocenters. The molecule has 0 radical (unpaired) electrons. The SMILES string of the molecule is NC1COC(c2ccc(-c3cccs3)cc2)CO1. The summed E-state index contributed by atoms with van der Waals surface area (Å²) in [7, 11) is 0. The van der Waals surface area contributed by atoms with Gasteiger partial charge in [-0.3, -0.25) is 0 Å². The maximum Gasteiger partial charge on any atom is 0.129 e. The zero-order valence-electron chi connectivity index (χ0n) is 9.91. The number of hydrogen-bond donors (Lipinski definition) is 1. The Kier molecular flexibility index (Phi) is 3.43. The first-order valence-electron chi connectivity index (χ1n) is 5.95. The third-order valence-electron chi connectivity index (χ3n) is 3.01. The molecule has 0 amide bonds. The van der Waals surface area contributed by atoms with Crippen molar-refractivity contribution in [3.05, 3.63) is 47.3 Å². The highest BCUT2D eigenvalue weighted by atomic mass is 32.1. The average Bonchev–Trinajstić information content (AvgIpc) is 2.94. The normalized spacial score (nSPS) is 24.1. The third-order valence-corrected chi connectivity index (χ3v) is 3.93. The summed E-state index contributed by atoms with van der Waals surface area (Å²) in [5.41, 5.74) is 8.00. The van der Waals surface area contributed by atoms with Crippen LogP contribution in [-0.2, 0) is 9.47 Å². The van der Waals surface area contributed by atoms with Crippen molar-refractivity contribution in [2.45, 2.75) is 12.3 Å². The van der Waals surface area contributed by atoms with Gasteiger partial charge in [-0.2, -0.15) is 0 Å². The first-order chi connectivity index (χ1) is 8.83. The van der Waals surface area contributed by atoms with Crippen molar-refractivity contribution in [2.75, 3.05) is 13.2 Å². The molecule has 0 aliphatic carbocycles. The largest absolute Gasteiger partial charge is 0.367 e. The van der Waals surface area contributed by atoms with Crippen LogP contribution in [-0.4, -0.2) is 19.4 Å². The smallest absolute Gasteiger partial charge is 0.129 e. The number of benzene rings is 1. The average molecular weight is 261 g/mol. The fourth-order valence-electron chi connectivity index (χ4n) is 2.02. The van der Waals surface area contributed by atoms with Crippen LogP contribution in [0.4, 0.5) is 0 Å². The molecule has 0 saturated carbocycles. The van der Waals surface area contributed by atoms with Crippen molar-refractivity contribution < 1.29 is 9.47 Å². The highest BCUT2D eigenvalue weighted by Crippen LogP contribution is 2.28. The van der Waals surface area contributed by atoms with Gasteiger partial charge in [-0.15, -0.1) is 11.3 Å². The molecule has 4 heteroatoms. The summed E-state index contributed by atoms with van der Waals surface area (Å²) >= 11 is 1.75. The van der Waals surface area contributed by atoms with E-state index in [-0.39, 0.29) is 12.3 Å². The Balaban J connectivity index is 1.75. The van der Waals surface area contributed by atoms with Crippen LogP contribution in [0.25, 0.3) is 10.4 Å². The third kappa shape index (κ3) is 2.47. The standard InChI is InChI=1S/C14H15NO2S/c15-14-9-16-12(8-17-14)10-3-5-11(6-4-10)13-2-1-7-18-13/h1-7,12,14H,8-9,15H2. The second-order valence-corrected chi connectivity index (χ2v) is 5.24. The van der Waals surface area contributed by atoms with Gasteiger partial charge in [-0.1, -0.05) is 30.3 Å². The Morgan fingerprint density at radius 2 is 1.89 bits per heavy atom. The summed E-state index contributed by atoms with van der Waals surface area (Å²) < 4.78 is 11.1. The molecule has 2 N–H and O–H groups in total. The van der Waals surface area contributed by atoms with E-state index in [1.54, 1.807) is 11.3 Å². The van der Waals surface area contributed by atoms with Gasteiger partial charge in [0.1, 0.15) is 12.3 Å². The maximum atomic E-state index is 5.66. The molecule has 2 atom stereocenters. The maximum absolute atomic E-state index is 5.66. The molecule has 0 bridgehead atoms. The minimum Gasteiger partial charge on any atom is -0.367 e. The van der Waals surface area contributed by atoms with E-state index in [1.807, 2.05) is 0 Å². The molecule has 1 saturated heterocycles. The number of hydrogen-bond acceptors (Lipinski definition) is 4. The van der Waals surface area contributed by atoms with Crippen LogP contribution in [0, 0.1) is 0 Å². The van der Waals surface area contributed by atoms with Crippen LogP contribution in [0.1, 0.15) is 11.7 Å². The van der Waals surface area contributed by atoms with Crippen LogP contribution in [0.5, 0.6) is 0 Å².